The quantitative estimate of drug-likeness (QED) is 0.812. The summed E-state index contributed by atoms with van der Waals surface area (Å²) in [7, 11) is 2.62. The highest BCUT2D eigenvalue weighted by Gasteiger charge is 2.34. The van der Waals surface area contributed by atoms with Gasteiger partial charge in [-0.2, -0.15) is 0 Å². The number of esters is 2. The first-order valence-corrected chi connectivity index (χ1v) is 7.01. The number of pyridine rings is 1. The number of hydrogen-bond donors (Lipinski definition) is 0. The van der Waals surface area contributed by atoms with E-state index in [1.165, 1.54) is 14.2 Å². The molecule has 3 rings (SSSR count). The highest BCUT2D eigenvalue weighted by molar-refractivity contribution is 6.09. The summed E-state index contributed by atoms with van der Waals surface area (Å²) in [5, 5.41) is 0. The van der Waals surface area contributed by atoms with Gasteiger partial charge in [-0.3, -0.25) is 4.98 Å². The lowest BCUT2D eigenvalue weighted by atomic mass is 10.0. The van der Waals surface area contributed by atoms with E-state index in [0.29, 0.717) is 11.3 Å². The molecule has 0 aliphatic carbocycles. The van der Waals surface area contributed by atoms with Crippen molar-refractivity contribution in [3.63, 3.8) is 0 Å². The van der Waals surface area contributed by atoms with E-state index in [1.807, 2.05) is 10.6 Å². The number of nitrogens with zero attached hydrogens (tertiary/aromatic N) is 2. The minimum atomic E-state index is -0.541. The van der Waals surface area contributed by atoms with Crippen LogP contribution >= 0.6 is 0 Å². The summed E-state index contributed by atoms with van der Waals surface area (Å²) in [4.78, 5) is 28.6. The highest BCUT2D eigenvalue weighted by atomic mass is 16.5. The van der Waals surface area contributed by atoms with Crippen LogP contribution in [0.25, 0.3) is 11.3 Å². The van der Waals surface area contributed by atoms with E-state index < -0.39 is 11.9 Å². The average molecular weight is 300 g/mol. The van der Waals surface area contributed by atoms with E-state index in [0.717, 1.165) is 30.6 Å². The topological polar surface area (TPSA) is 70.4 Å². The van der Waals surface area contributed by atoms with Crippen molar-refractivity contribution >= 4 is 11.9 Å². The maximum absolute atomic E-state index is 12.3. The molecule has 6 heteroatoms. The van der Waals surface area contributed by atoms with Crippen molar-refractivity contribution in [2.45, 2.75) is 19.4 Å². The monoisotopic (exact) mass is 300 g/mol. The average Bonchev–Trinajstić information content (AvgIpc) is 3.13. The molecule has 3 heterocycles. The van der Waals surface area contributed by atoms with Crippen LogP contribution in [0, 0.1) is 0 Å². The van der Waals surface area contributed by atoms with Crippen molar-refractivity contribution in [2.24, 2.45) is 0 Å². The summed E-state index contributed by atoms with van der Waals surface area (Å²) in [6, 6.07) is 3.66. The molecule has 1 aliphatic heterocycles. The summed E-state index contributed by atoms with van der Waals surface area (Å²) in [5.74, 6) is -1.05. The van der Waals surface area contributed by atoms with Crippen molar-refractivity contribution in [1.82, 2.24) is 9.55 Å². The van der Waals surface area contributed by atoms with Crippen molar-refractivity contribution in [1.29, 1.82) is 0 Å². The number of methoxy groups -OCH3 is 2. The molecule has 0 atom stereocenters. The Balaban J connectivity index is 2.33. The first-order chi connectivity index (χ1) is 10.7. The van der Waals surface area contributed by atoms with E-state index in [2.05, 4.69) is 4.98 Å². The fraction of sp³-hybridized carbons (Fsp3) is 0.312. The van der Waals surface area contributed by atoms with E-state index in [1.54, 1.807) is 18.5 Å². The van der Waals surface area contributed by atoms with Crippen LogP contribution in [0.3, 0.4) is 0 Å². The van der Waals surface area contributed by atoms with Gasteiger partial charge in [-0.05, 0) is 25.0 Å². The van der Waals surface area contributed by atoms with Gasteiger partial charge in [-0.25, -0.2) is 9.59 Å². The molecule has 0 fully saturated rings. The van der Waals surface area contributed by atoms with Crippen molar-refractivity contribution in [3.05, 3.63) is 41.3 Å². The second-order valence-corrected chi connectivity index (χ2v) is 5.03. The molecule has 1 aliphatic rings. The molecule has 0 N–H and O–H groups in total. The molecule has 114 valence electrons. The third kappa shape index (κ3) is 2.07. The first kappa shape index (κ1) is 14.3. The molecule has 6 nitrogen and oxygen atoms in total. The van der Waals surface area contributed by atoms with E-state index in [-0.39, 0.29) is 5.56 Å². The first-order valence-electron chi connectivity index (χ1n) is 7.01. The molecule has 0 radical (unpaired) electrons. The maximum Gasteiger partial charge on any atom is 0.340 e. The van der Waals surface area contributed by atoms with Gasteiger partial charge in [0.05, 0.1) is 25.5 Å². The van der Waals surface area contributed by atoms with Crippen LogP contribution in [-0.2, 0) is 22.4 Å². The largest absolute Gasteiger partial charge is 0.465 e. The fourth-order valence-electron chi connectivity index (χ4n) is 3.00. The number of hydrogen-bond acceptors (Lipinski definition) is 5. The van der Waals surface area contributed by atoms with Gasteiger partial charge in [0, 0.05) is 30.2 Å². The highest BCUT2D eigenvalue weighted by Crippen LogP contribution is 2.36. The normalized spacial score (nSPS) is 12.8. The van der Waals surface area contributed by atoms with Gasteiger partial charge in [0.1, 0.15) is 5.56 Å². The van der Waals surface area contributed by atoms with Crippen LogP contribution in [0.4, 0.5) is 0 Å². The molecule has 0 saturated heterocycles. The summed E-state index contributed by atoms with van der Waals surface area (Å²) < 4.78 is 11.8. The van der Waals surface area contributed by atoms with Gasteiger partial charge in [-0.15, -0.1) is 0 Å². The van der Waals surface area contributed by atoms with Crippen molar-refractivity contribution in [3.8, 4) is 11.3 Å². The minimum absolute atomic E-state index is 0.261. The molecular weight excluding hydrogens is 284 g/mol. The number of carbonyl (C=O) groups is 2. The Labute approximate surface area is 127 Å². The van der Waals surface area contributed by atoms with E-state index in [9.17, 15) is 9.59 Å². The number of rotatable bonds is 3. The molecule has 0 amide bonds. The standard InChI is InChI=1S/C16H16N2O4/c1-21-15(19)12-11-6-4-8-18(11)14(13(12)16(20)22-2)10-5-3-7-17-9-10/h3,5,7,9H,4,6,8H2,1-2H3. The molecule has 0 spiro atoms. The van der Waals surface area contributed by atoms with Crippen LogP contribution in [0.15, 0.2) is 24.5 Å². The van der Waals surface area contributed by atoms with Crippen LogP contribution in [-0.4, -0.2) is 35.7 Å². The van der Waals surface area contributed by atoms with Gasteiger partial charge in [-0.1, -0.05) is 0 Å². The van der Waals surface area contributed by atoms with E-state index >= 15 is 0 Å². The lowest BCUT2D eigenvalue weighted by Gasteiger charge is -2.08. The van der Waals surface area contributed by atoms with Gasteiger partial charge in [0.2, 0.25) is 0 Å². The predicted octanol–water partition coefficient (Wildman–Crippen LogP) is 2.07. The maximum atomic E-state index is 12.3. The Morgan fingerprint density at radius 2 is 1.91 bits per heavy atom. The minimum Gasteiger partial charge on any atom is -0.465 e. The third-order valence-electron chi connectivity index (χ3n) is 3.88. The zero-order chi connectivity index (χ0) is 15.7. The summed E-state index contributed by atoms with van der Waals surface area (Å²) in [5.41, 5.74) is 2.85. The lowest BCUT2D eigenvalue weighted by Crippen LogP contribution is -2.12. The summed E-state index contributed by atoms with van der Waals surface area (Å²) >= 11 is 0. The third-order valence-corrected chi connectivity index (χ3v) is 3.88. The molecule has 22 heavy (non-hydrogen) atoms. The molecule has 0 bridgehead atoms. The molecule has 2 aromatic heterocycles. The van der Waals surface area contributed by atoms with Gasteiger partial charge in [0.25, 0.3) is 0 Å². The van der Waals surface area contributed by atoms with Gasteiger partial charge in [0.15, 0.2) is 0 Å². The second kappa shape index (κ2) is 5.63. The number of fused-ring (bicyclic) bond motifs is 1. The Bertz CT molecular complexity index is 734. The van der Waals surface area contributed by atoms with Crippen LogP contribution in [0.2, 0.25) is 0 Å². The molecule has 0 aromatic carbocycles. The fourth-order valence-corrected chi connectivity index (χ4v) is 3.00. The Morgan fingerprint density at radius 3 is 2.55 bits per heavy atom. The zero-order valence-electron chi connectivity index (χ0n) is 12.5. The Hall–Kier alpha value is -2.63. The predicted molar refractivity (Wildman–Crippen MR) is 78.7 cm³/mol. The molecule has 0 saturated carbocycles. The van der Waals surface area contributed by atoms with E-state index in [4.69, 9.17) is 9.47 Å². The Kier molecular flexibility index (Phi) is 3.66. The van der Waals surface area contributed by atoms with Crippen LogP contribution in [0.1, 0.15) is 32.8 Å². The SMILES string of the molecule is COC(=O)c1c(C(=O)OC)c(-c2cccnc2)n2c1CCC2. The van der Waals surface area contributed by atoms with Crippen molar-refractivity contribution < 1.29 is 19.1 Å². The lowest BCUT2D eigenvalue weighted by molar-refractivity contribution is 0.0556. The number of carbonyl (C=O) groups excluding carboxylic acids is 2. The number of aromatic nitrogens is 2. The molecule has 2 aromatic rings. The Morgan fingerprint density at radius 1 is 1.18 bits per heavy atom. The van der Waals surface area contributed by atoms with Crippen LogP contribution in [0.5, 0.6) is 0 Å². The van der Waals surface area contributed by atoms with Crippen LogP contribution < -0.4 is 0 Å². The summed E-state index contributed by atoms with van der Waals surface area (Å²) in [6.07, 6.45) is 4.99. The molecule has 0 unspecified atom stereocenters. The van der Waals surface area contributed by atoms with Crippen molar-refractivity contribution in [2.75, 3.05) is 14.2 Å². The van der Waals surface area contributed by atoms with Gasteiger partial charge < -0.3 is 14.0 Å². The summed E-state index contributed by atoms with van der Waals surface area (Å²) in [6.45, 7) is 0.751. The smallest absolute Gasteiger partial charge is 0.340 e. The zero-order valence-corrected chi connectivity index (χ0v) is 12.5. The molecular formula is C16H16N2O4. The second-order valence-electron chi connectivity index (χ2n) is 5.03. The van der Waals surface area contributed by atoms with Gasteiger partial charge >= 0.3 is 11.9 Å². The number of ether oxygens (including phenoxy) is 2.